The molecule has 0 amide bonds. The van der Waals surface area contributed by atoms with Gasteiger partial charge in [-0.2, -0.15) is 0 Å². The molecule has 1 N–H and O–H groups in total. The molecule has 1 heterocycles. The highest BCUT2D eigenvalue weighted by Crippen LogP contribution is 2.28. The summed E-state index contributed by atoms with van der Waals surface area (Å²) in [5.74, 6) is 2.02. The molecule has 1 saturated carbocycles. The Kier molecular flexibility index (Phi) is 4.07. The van der Waals surface area contributed by atoms with Gasteiger partial charge in [0.2, 0.25) is 0 Å². The summed E-state index contributed by atoms with van der Waals surface area (Å²) in [4.78, 5) is 0. The van der Waals surface area contributed by atoms with Crippen molar-refractivity contribution in [1.82, 2.24) is 5.32 Å². The molecule has 3 rings (SSSR count). The Morgan fingerprint density at radius 3 is 2.65 bits per heavy atom. The number of hydrogen-bond acceptors (Lipinski definition) is 3. The Morgan fingerprint density at radius 2 is 2.05 bits per heavy atom. The lowest BCUT2D eigenvalue weighted by molar-refractivity contribution is 0.303. The van der Waals surface area contributed by atoms with Crippen molar-refractivity contribution >= 4 is 0 Å². The van der Waals surface area contributed by atoms with Crippen molar-refractivity contribution in [2.24, 2.45) is 0 Å². The van der Waals surface area contributed by atoms with Crippen LogP contribution in [0, 0.1) is 0 Å². The third kappa shape index (κ3) is 3.42. The summed E-state index contributed by atoms with van der Waals surface area (Å²) in [5, 5.41) is 3.37. The van der Waals surface area contributed by atoms with Gasteiger partial charge in [0.05, 0.1) is 12.4 Å². The number of rotatable bonds is 7. The second-order valence-corrected chi connectivity index (χ2v) is 5.35. The summed E-state index contributed by atoms with van der Waals surface area (Å²) in [5.41, 5.74) is 1.29. The van der Waals surface area contributed by atoms with Gasteiger partial charge in [0.25, 0.3) is 0 Å². The number of aryl methyl sites for hydroxylation is 1. The molecule has 1 fully saturated rings. The van der Waals surface area contributed by atoms with Crippen LogP contribution in [0.5, 0.6) is 5.75 Å². The molecule has 3 heteroatoms. The minimum Gasteiger partial charge on any atom is -0.490 e. The van der Waals surface area contributed by atoms with Crippen molar-refractivity contribution in [2.45, 2.75) is 37.8 Å². The maximum absolute atomic E-state index is 5.78. The van der Waals surface area contributed by atoms with Gasteiger partial charge >= 0.3 is 0 Å². The number of ether oxygens (including phenoxy) is 1. The predicted molar refractivity (Wildman–Crippen MR) is 78.9 cm³/mol. The van der Waals surface area contributed by atoms with Gasteiger partial charge < -0.3 is 14.5 Å². The highest BCUT2D eigenvalue weighted by molar-refractivity contribution is 5.29. The van der Waals surface area contributed by atoms with Crippen LogP contribution in [-0.2, 0) is 6.42 Å². The fourth-order valence-electron chi connectivity index (χ4n) is 2.38. The number of nitrogens with one attached hydrogen (secondary N) is 1. The maximum Gasteiger partial charge on any atom is 0.119 e. The first kappa shape index (κ1) is 13.3. The summed E-state index contributed by atoms with van der Waals surface area (Å²) >= 11 is 0. The Labute approximate surface area is 119 Å². The van der Waals surface area contributed by atoms with Crippen LogP contribution in [0.25, 0.3) is 0 Å². The molecule has 106 valence electrons. The van der Waals surface area contributed by atoms with Crippen molar-refractivity contribution in [3.05, 3.63) is 54.0 Å². The molecule has 20 heavy (non-hydrogen) atoms. The van der Waals surface area contributed by atoms with E-state index in [0.717, 1.165) is 24.4 Å². The first-order chi connectivity index (χ1) is 9.85. The van der Waals surface area contributed by atoms with E-state index in [9.17, 15) is 0 Å². The molecular formula is C17H21NO2. The van der Waals surface area contributed by atoms with E-state index < -0.39 is 0 Å². The minimum atomic E-state index is 0.343. The summed E-state index contributed by atoms with van der Waals surface area (Å²) in [7, 11) is 2.00. The molecule has 0 aliphatic heterocycles. The topological polar surface area (TPSA) is 34.4 Å². The second-order valence-electron chi connectivity index (χ2n) is 5.35. The molecule has 1 aromatic carbocycles. The lowest BCUT2D eigenvalue weighted by atomic mass is 10.0. The first-order valence-electron chi connectivity index (χ1n) is 7.31. The van der Waals surface area contributed by atoms with Gasteiger partial charge in [0.15, 0.2) is 0 Å². The molecule has 1 aliphatic carbocycles. The van der Waals surface area contributed by atoms with Crippen molar-refractivity contribution in [3.8, 4) is 5.75 Å². The fourth-order valence-corrected chi connectivity index (χ4v) is 2.38. The highest BCUT2D eigenvalue weighted by Gasteiger charge is 2.23. The van der Waals surface area contributed by atoms with Gasteiger partial charge in [0, 0.05) is 12.5 Å². The Hall–Kier alpha value is -1.74. The summed E-state index contributed by atoms with van der Waals surface area (Å²) < 4.78 is 11.2. The van der Waals surface area contributed by atoms with E-state index in [4.69, 9.17) is 9.15 Å². The number of benzene rings is 1. The average Bonchev–Trinajstić information content (AvgIpc) is 3.14. The third-order valence-electron chi connectivity index (χ3n) is 3.72. The summed E-state index contributed by atoms with van der Waals surface area (Å²) in [6.07, 6.45) is 6.55. The molecule has 0 saturated heterocycles. The van der Waals surface area contributed by atoms with E-state index in [1.807, 2.05) is 19.2 Å². The molecule has 1 unspecified atom stereocenters. The van der Waals surface area contributed by atoms with Gasteiger partial charge in [0.1, 0.15) is 11.5 Å². The first-order valence-corrected chi connectivity index (χ1v) is 7.31. The SMILES string of the molecule is CNC(CCc1ccco1)c1ccc(OC2CC2)cc1. The molecule has 0 spiro atoms. The number of hydrogen-bond donors (Lipinski definition) is 1. The lowest BCUT2D eigenvalue weighted by Gasteiger charge is -2.16. The molecule has 1 aliphatic rings. The van der Waals surface area contributed by atoms with Gasteiger partial charge in [-0.15, -0.1) is 0 Å². The quantitative estimate of drug-likeness (QED) is 0.833. The summed E-state index contributed by atoms with van der Waals surface area (Å²) in [6.45, 7) is 0. The molecule has 3 nitrogen and oxygen atoms in total. The van der Waals surface area contributed by atoms with E-state index in [0.29, 0.717) is 12.1 Å². The van der Waals surface area contributed by atoms with E-state index in [2.05, 4.69) is 29.6 Å². The molecule has 0 radical (unpaired) electrons. The standard InChI is InChI=1S/C17H21NO2/c1-18-17(11-10-14-3-2-12-19-14)13-4-6-15(7-5-13)20-16-8-9-16/h2-7,12,16-18H,8-11H2,1H3. The molecular weight excluding hydrogens is 250 g/mol. The van der Waals surface area contributed by atoms with Gasteiger partial charge in [-0.05, 0) is 56.1 Å². The zero-order valence-electron chi connectivity index (χ0n) is 11.8. The second kappa shape index (κ2) is 6.14. The van der Waals surface area contributed by atoms with Crippen LogP contribution in [0.15, 0.2) is 47.1 Å². The predicted octanol–water partition coefficient (Wildman–Crippen LogP) is 3.71. The summed E-state index contributed by atoms with van der Waals surface area (Å²) in [6, 6.07) is 12.8. The average molecular weight is 271 g/mol. The van der Waals surface area contributed by atoms with E-state index in [-0.39, 0.29) is 0 Å². The van der Waals surface area contributed by atoms with Crippen LogP contribution in [0.1, 0.15) is 36.6 Å². The van der Waals surface area contributed by atoms with Crippen LogP contribution in [0.2, 0.25) is 0 Å². The maximum atomic E-state index is 5.78. The van der Waals surface area contributed by atoms with Crippen LogP contribution < -0.4 is 10.1 Å². The van der Waals surface area contributed by atoms with Gasteiger partial charge in [-0.25, -0.2) is 0 Å². The van der Waals surface area contributed by atoms with Crippen LogP contribution in [-0.4, -0.2) is 13.2 Å². The smallest absolute Gasteiger partial charge is 0.119 e. The fraction of sp³-hybridized carbons (Fsp3) is 0.412. The van der Waals surface area contributed by atoms with Gasteiger partial charge in [-0.3, -0.25) is 0 Å². The Bertz CT molecular complexity index is 514. The largest absolute Gasteiger partial charge is 0.490 e. The Balaban J connectivity index is 1.59. The van der Waals surface area contributed by atoms with Crippen LogP contribution in [0.4, 0.5) is 0 Å². The lowest BCUT2D eigenvalue weighted by Crippen LogP contribution is -2.17. The van der Waals surface area contributed by atoms with Gasteiger partial charge in [-0.1, -0.05) is 12.1 Å². The third-order valence-corrected chi connectivity index (χ3v) is 3.72. The highest BCUT2D eigenvalue weighted by atomic mass is 16.5. The van der Waals surface area contributed by atoms with Crippen molar-refractivity contribution in [3.63, 3.8) is 0 Å². The Morgan fingerprint density at radius 1 is 1.25 bits per heavy atom. The molecule has 0 bridgehead atoms. The minimum absolute atomic E-state index is 0.343. The molecule has 1 atom stereocenters. The zero-order valence-corrected chi connectivity index (χ0v) is 11.8. The zero-order chi connectivity index (χ0) is 13.8. The molecule has 2 aromatic rings. The monoisotopic (exact) mass is 271 g/mol. The molecule has 1 aromatic heterocycles. The van der Waals surface area contributed by atoms with Crippen molar-refractivity contribution in [2.75, 3.05) is 7.05 Å². The van der Waals surface area contributed by atoms with Crippen molar-refractivity contribution in [1.29, 1.82) is 0 Å². The van der Waals surface area contributed by atoms with E-state index in [1.165, 1.54) is 18.4 Å². The number of furan rings is 1. The van der Waals surface area contributed by atoms with Crippen LogP contribution >= 0.6 is 0 Å². The van der Waals surface area contributed by atoms with E-state index in [1.54, 1.807) is 6.26 Å². The van der Waals surface area contributed by atoms with Crippen molar-refractivity contribution < 1.29 is 9.15 Å². The van der Waals surface area contributed by atoms with E-state index >= 15 is 0 Å². The van der Waals surface area contributed by atoms with Crippen LogP contribution in [0.3, 0.4) is 0 Å². The normalized spacial score (nSPS) is 16.1.